The van der Waals surface area contributed by atoms with Gasteiger partial charge in [-0.15, -0.1) is 0 Å². The maximum Gasteiger partial charge on any atom is 0.308 e. The molecule has 1 rings (SSSR count). The largest absolute Gasteiger partial charge is 0.426 e. The van der Waals surface area contributed by atoms with Crippen LogP contribution in [0.1, 0.15) is 12.5 Å². The van der Waals surface area contributed by atoms with Crippen LogP contribution in [-0.2, 0) is 16.5 Å². The molecule has 0 aromatic heterocycles. The molecule has 0 atom stereocenters. The van der Waals surface area contributed by atoms with E-state index in [1.165, 1.54) is 6.92 Å². The lowest BCUT2D eigenvalue weighted by molar-refractivity contribution is -0.131. The lowest BCUT2D eigenvalue weighted by atomic mass is 10.2. The molecule has 0 heterocycles. The van der Waals surface area contributed by atoms with Crippen LogP contribution in [0.25, 0.3) is 0 Å². The molecule has 0 bridgehead atoms. The van der Waals surface area contributed by atoms with Gasteiger partial charge in [0.1, 0.15) is 12.4 Å². The zero-order chi connectivity index (χ0) is 8.97. The summed E-state index contributed by atoms with van der Waals surface area (Å²) in [5.41, 5.74) is 0.507. The summed E-state index contributed by atoms with van der Waals surface area (Å²) in [6.45, 7) is 0.936. The third kappa shape index (κ3) is 2.07. The van der Waals surface area contributed by atoms with Crippen LogP contribution in [0, 0.1) is 0 Å². The number of carbonyl (C=O) groups excluding carboxylic acids is 1. The average Bonchev–Trinajstić information content (AvgIpc) is 2.04. The highest BCUT2D eigenvalue weighted by molar-refractivity contribution is 5.69. The summed E-state index contributed by atoms with van der Waals surface area (Å²) in [6.07, 6.45) is 0. The molecule has 63 valence electrons. The minimum atomic E-state index is -0.407. The van der Waals surface area contributed by atoms with Crippen LogP contribution in [0.4, 0.5) is 0 Å². The molecule has 1 aromatic rings. The molecule has 0 unspecified atom stereocenters. The highest BCUT2D eigenvalue weighted by Crippen LogP contribution is 2.17. The van der Waals surface area contributed by atoms with Gasteiger partial charge in [0.25, 0.3) is 0 Å². The van der Waals surface area contributed by atoms with E-state index >= 15 is 0 Å². The van der Waals surface area contributed by atoms with Crippen molar-refractivity contribution in [2.24, 2.45) is 0 Å². The second-order valence-corrected chi connectivity index (χ2v) is 2.35. The Bertz CT molecular complexity index is 281. The number of ether oxygens (including phenoxy) is 1. The van der Waals surface area contributed by atoms with E-state index in [9.17, 15) is 9.90 Å². The first-order valence-electron chi connectivity index (χ1n) is 3.58. The fourth-order valence-corrected chi connectivity index (χ4v) is 0.877. The number of benzene rings is 1. The standard InChI is InChI=1S/C9H9O3/c1-7(11)12-9-5-3-2-4-8(9)6-10/h2-5H,6H2,1H3. The molecule has 0 spiro atoms. The van der Waals surface area contributed by atoms with Gasteiger partial charge in [0, 0.05) is 12.5 Å². The van der Waals surface area contributed by atoms with Gasteiger partial charge in [0.15, 0.2) is 0 Å². The Morgan fingerprint density at radius 1 is 1.42 bits per heavy atom. The number of hydrogen-bond acceptors (Lipinski definition) is 2. The molecule has 1 radical (unpaired) electrons. The quantitative estimate of drug-likeness (QED) is 0.493. The second kappa shape index (κ2) is 3.88. The fourth-order valence-electron chi connectivity index (χ4n) is 0.877. The zero-order valence-corrected chi connectivity index (χ0v) is 6.74. The third-order valence-electron chi connectivity index (χ3n) is 1.38. The number of para-hydroxylation sites is 1. The molecule has 0 aliphatic heterocycles. The van der Waals surface area contributed by atoms with Crippen molar-refractivity contribution in [3.63, 3.8) is 0 Å². The lowest BCUT2D eigenvalue weighted by Gasteiger charge is -2.04. The molecule has 3 nitrogen and oxygen atoms in total. The van der Waals surface area contributed by atoms with Gasteiger partial charge in [-0.1, -0.05) is 18.2 Å². The van der Waals surface area contributed by atoms with E-state index in [0.717, 1.165) is 0 Å². The van der Waals surface area contributed by atoms with E-state index in [2.05, 4.69) is 0 Å². The van der Waals surface area contributed by atoms with Crippen LogP contribution >= 0.6 is 0 Å². The van der Waals surface area contributed by atoms with Crippen molar-refractivity contribution in [3.05, 3.63) is 29.8 Å². The SMILES string of the molecule is CC(=O)Oc1ccccc1C[O]. The van der Waals surface area contributed by atoms with Gasteiger partial charge in [-0.2, -0.15) is 0 Å². The van der Waals surface area contributed by atoms with Gasteiger partial charge in [-0.25, -0.2) is 5.11 Å². The van der Waals surface area contributed by atoms with E-state index in [4.69, 9.17) is 4.74 Å². The van der Waals surface area contributed by atoms with Gasteiger partial charge >= 0.3 is 5.97 Å². The van der Waals surface area contributed by atoms with Gasteiger partial charge in [0.2, 0.25) is 0 Å². The van der Waals surface area contributed by atoms with Crippen molar-refractivity contribution >= 4 is 5.97 Å². The smallest absolute Gasteiger partial charge is 0.308 e. The Labute approximate surface area is 70.6 Å². The monoisotopic (exact) mass is 165 g/mol. The third-order valence-corrected chi connectivity index (χ3v) is 1.38. The van der Waals surface area contributed by atoms with E-state index in [1.54, 1.807) is 24.3 Å². The molecule has 0 fully saturated rings. The topological polar surface area (TPSA) is 46.2 Å². The first-order valence-corrected chi connectivity index (χ1v) is 3.58. The van der Waals surface area contributed by atoms with E-state index in [-0.39, 0.29) is 6.61 Å². The summed E-state index contributed by atoms with van der Waals surface area (Å²) in [5.74, 6) is -0.0455. The molecule has 0 amide bonds. The maximum absolute atomic E-state index is 10.6. The Morgan fingerprint density at radius 2 is 2.08 bits per heavy atom. The molecule has 3 heteroatoms. The zero-order valence-electron chi connectivity index (χ0n) is 6.74. The Balaban J connectivity index is 2.89. The van der Waals surface area contributed by atoms with Crippen LogP contribution in [0.5, 0.6) is 5.75 Å². The minimum Gasteiger partial charge on any atom is -0.426 e. The first-order chi connectivity index (χ1) is 5.74. The van der Waals surface area contributed by atoms with Crippen LogP contribution in [0.2, 0.25) is 0 Å². The van der Waals surface area contributed by atoms with Gasteiger partial charge in [-0.3, -0.25) is 4.79 Å². The molecule has 0 N–H and O–H groups in total. The summed E-state index contributed by atoms with van der Waals surface area (Å²) >= 11 is 0. The minimum absolute atomic E-state index is 0.361. The predicted octanol–water partition coefficient (Wildman–Crippen LogP) is 1.54. The first kappa shape index (κ1) is 8.74. The molecule has 0 saturated heterocycles. The van der Waals surface area contributed by atoms with Gasteiger partial charge < -0.3 is 4.74 Å². The van der Waals surface area contributed by atoms with Crippen LogP contribution in [-0.4, -0.2) is 5.97 Å². The van der Waals surface area contributed by atoms with E-state index in [0.29, 0.717) is 11.3 Å². The normalized spacial score (nSPS) is 9.50. The summed E-state index contributed by atoms with van der Waals surface area (Å²) in [6, 6.07) is 6.71. The summed E-state index contributed by atoms with van der Waals surface area (Å²) in [7, 11) is 0. The second-order valence-electron chi connectivity index (χ2n) is 2.35. The molecular weight excluding hydrogens is 156 g/mol. The van der Waals surface area contributed by atoms with Crippen molar-refractivity contribution in [2.45, 2.75) is 13.5 Å². The Kier molecular flexibility index (Phi) is 2.82. The highest BCUT2D eigenvalue weighted by atomic mass is 16.5. The molecule has 0 saturated carbocycles. The van der Waals surface area contributed by atoms with Gasteiger partial charge in [0.05, 0.1) is 0 Å². The Morgan fingerprint density at radius 3 is 2.67 bits per heavy atom. The van der Waals surface area contributed by atoms with Crippen molar-refractivity contribution in [3.8, 4) is 5.75 Å². The summed E-state index contributed by atoms with van der Waals surface area (Å²) < 4.78 is 4.80. The van der Waals surface area contributed by atoms with Crippen LogP contribution in [0.15, 0.2) is 24.3 Å². The predicted molar refractivity (Wildman–Crippen MR) is 42.1 cm³/mol. The fraction of sp³-hybridized carbons (Fsp3) is 0.222. The van der Waals surface area contributed by atoms with Crippen molar-refractivity contribution in [2.75, 3.05) is 0 Å². The van der Waals surface area contributed by atoms with Crippen molar-refractivity contribution < 1.29 is 14.6 Å². The molecule has 0 aliphatic carbocycles. The number of rotatable bonds is 2. The summed E-state index contributed by atoms with van der Waals surface area (Å²) in [5, 5.41) is 10.5. The van der Waals surface area contributed by atoms with Crippen LogP contribution in [0.3, 0.4) is 0 Å². The summed E-state index contributed by atoms with van der Waals surface area (Å²) in [4.78, 5) is 10.6. The number of carbonyl (C=O) groups is 1. The average molecular weight is 165 g/mol. The number of hydrogen-bond donors (Lipinski definition) is 0. The maximum atomic E-state index is 10.6. The van der Waals surface area contributed by atoms with Crippen molar-refractivity contribution in [1.29, 1.82) is 0 Å². The lowest BCUT2D eigenvalue weighted by Crippen LogP contribution is -2.03. The van der Waals surface area contributed by atoms with Crippen LogP contribution < -0.4 is 4.74 Å². The highest BCUT2D eigenvalue weighted by Gasteiger charge is 2.03. The van der Waals surface area contributed by atoms with Gasteiger partial charge in [-0.05, 0) is 6.07 Å². The molecule has 1 aromatic carbocycles. The molecule has 12 heavy (non-hydrogen) atoms. The van der Waals surface area contributed by atoms with E-state index < -0.39 is 5.97 Å². The molecular formula is C9H9O3. The number of esters is 1. The molecule has 0 aliphatic rings. The van der Waals surface area contributed by atoms with E-state index in [1.807, 2.05) is 0 Å². The van der Waals surface area contributed by atoms with Crippen molar-refractivity contribution in [1.82, 2.24) is 0 Å². The Hall–Kier alpha value is -1.35.